The van der Waals surface area contributed by atoms with E-state index in [1.807, 2.05) is 42.3 Å². The van der Waals surface area contributed by atoms with Crippen LogP contribution in [0.2, 0.25) is 0 Å². The molecule has 2 nitrogen and oxygen atoms in total. The number of rotatable bonds is 2. The number of fused-ring (bicyclic) bond motifs is 1. The first-order valence-corrected chi connectivity index (χ1v) is 5.69. The highest BCUT2D eigenvalue weighted by Gasteiger charge is 2.34. The molecule has 2 heteroatoms. The summed E-state index contributed by atoms with van der Waals surface area (Å²) in [6, 6.07) is 8.07. The average Bonchev–Trinajstić information content (AvgIpc) is 2.33. The zero-order chi connectivity index (χ0) is 11.7. The minimum atomic E-state index is 0.126. The van der Waals surface area contributed by atoms with Crippen LogP contribution >= 0.6 is 0 Å². The standard InChI is InChI=1S/C14H17NO/c1-4-10-11-8-6-7-9-12(11)14(16)15(3)13(10)5-2/h4,6-10,13H,1,5H2,2-3H3/t10-,13+/m0/s1. The number of carbonyl (C=O) groups is 1. The third kappa shape index (κ3) is 1.45. The van der Waals surface area contributed by atoms with Crippen molar-refractivity contribution < 1.29 is 4.79 Å². The Labute approximate surface area is 96.6 Å². The molecule has 0 spiro atoms. The Morgan fingerprint density at radius 3 is 2.75 bits per heavy atom. The molecule has 1 aliphatic rings. The highest BCUT2D eigenvalue weighted by Crippen LogP contribution is 2.34. The van der Waals surface area contributed by atoms with Crippen LogP contribution in [0.15, 0.2) is 36.9 Å². The van der Waals surface area contributed by atoms with Crippen molar-refractivity contribution in [3.63, 3.8) is 0 Å². The Bertz CT molecular complexity index is 424. The van der Waals surface area contributed by atoms with Crippen LogP contribution in [0.5, 0.6) is 0 Å². The van der Waals surface area contributed by atoms with Crippen molar-refractivity contribution in [2.75, 3.05) is 7.05 Å². The minimum Gasteiger partial charge on any atom is -0.338 e. The SMILES string of the molecule is C=C[C@H]1c2ccccc2C(=O)N(C)[C@@H]1CC. The first-order valence-electron chi connectivity index (χ1n) is 5.69. The van der Waals surface area contributed by atoms with Crippen LogP contribution in [0.25, 0.3) is 0 Å². The lowest BCUT2D eigenvalue weighted by molar-refractivity contribution is 0.0686. The number of likely N-dealkylation sites (N-methyl/N-ethyl adjacent to an activating group) is 1. The van der Waals surface area contributed by atoms with E-state index in [0.29, 0.717) is 0 Å². The van der Waals surface area contributed by atoms with Gasteiger partial charge in [0.05, 0.1) is 0 Å². The van der Waals surface area contributed by atoms with Crippen LogP contribution in [0.4, 0.5) is 0 Å². The average molecular weight is 215 g/mol. The molecule has 0 fully saturated rings. The van der Waals surface area contributed by atoms with Gasteiger partial charge in [0.2, 0.25) is 0 Å². The lowest BCUT2D eigenvalue weighted by Crippen LogP contribution is -2.44. The fraction of sp³-hybridized carbons (Fsp3) is 0.357. The monoisotopic (exact) mass is 215 g/mol. The number of benzene rings is 1. The molecule has 0 saturated heterocycles. The Balaban J connectivity index is 2.57. The third-order valence-corrected chi connectivity index (χ3v) is 3.45. The van der Waals surface area contributed by atoms with Gasteiger partial charge in [-0.05, 0) is 18.1 Å². The zero-order valence-corrected chi connectivity index (χ0v) is 9.81. The van der Waals surface area contributed by atoms with E-state index in [4.69, 9.17) is 0 Å². The largest absolute Gasteiger partial charge is 0.338 e. The second kappa shape index (κ2) is 4.12. The Kier molecular flexibility index (Phi) is 2.82. The van der Waals surface area contributed by atoms with Crippen molar-refractivity contribution in [1.29, 1.82) is 0 Å². The van der Waals surface area contributed by atoms with E-state index >= 15 is 0 Å². The molecule has 1 aliphatic heterocycles. The summed E-state index contributed by atoms with van der Waals surface area (Å²) in [6.07, 6.45) is 2.91. The minimum absolute atomic E-state index is 0.126. The topological polar surface area (TPSA) is 20.3 Å². The van der Waals surface area contributed by atoms with Gasteiger partial charge in [0.15, 0.2) is 0 Å². The van der Waals surface area contributed by atoms with E-state index in [-0.39, 0.29) is 17.9 Å². The van der Waals surface area contributed by atoms with E-state index in [2.05, 4.69) is 13.5 Å². The maximum absolute atomic E-state index is 12.1. The van der Waals surface area contributed by atoms with Crippen molar-refractivity contribution in [3.05, 3.63) is 48.0 Å². The van der Waals surface area contributed by atoms with Gasteiger partial charge in [-0.25, -0.2) is 0 Å². The molecule has 1 aromatic carbocycles. The van der Waals surface area contributed by atoms with Gasteiger partial charge in [0.1, 0.15) is 0 Å². The number of carbonyl (C=O) groups excluding carboxylic acids is 1. The van der Waals surface area contributed by atoms with E-state index in [0.717, 1.165) is 17.5 Å². The van der Waals surface area contributed by atoms with Gasteiger partial charge < -0.3 is 4.90 Å². The summed E-state index contributed by atoms with van der Waals surface area (Å²) in [7, 11) is 1.88. The van der Waals surface area contributed by atoms with Gasteiger partial charge in [-0.15, -0.1) is 6.58 Å². The molecular formula is C14H17NO. The number of hydrogen-bond donors (Lipinski definition) is 0. The molecule has 0 aliphatic carbocycles. The maximum Gasteiger partial charge on any atom is 0.254 e. The quantitative estimate of drug-likeness (QED) is 0.695. The fourth-order valence-electron chi connectivity index (χ4n) is 2.58. The second-order valence-corrected chi connectivity index (χ2v) is 4.24. The van der Waals surface area contributed by atoms with Crippen LogP contribution in [-0.2, 0) is 0 Å². The van der Waals surface area contributed by atoms with Crippen LogP contribution in [0.3, 0.4) is 0 Å². The van der Waals surface area contributed by atoms with Crippen molar-refractivity contribution in [3.8, 4) is 0 Å². The fourth-order valence-corrected chi connectivity index (χ4v) is 2.58. The Morgan fingerprint density at radius 1 is 1.44 bits per heavy atom. The summed E-state index contributed by atoms with van der Waals surface area (Å²) in [6.45, 7) is 6.01. The number of hydrogen-bond acceptors (Lipinski definition) is 1. The predicted molar refractivity (Wildman–Crippen MR) is 65.6 cm³/mol. The molecule has 2 atom stereocenters. The normalized spacial score (nSPS) is 24.1. The molecule has 1 heterocycles. The number of nitrogens with zero attached hydrogens (tertiary/aromatic N) is 1. The maximum atomic E-state index is 12.1. The van der Waals surface area contributed by atoms with Gasteiger partial charge in [-0.2, -0.15) is 0 Å². The lowest BCUT2D eigenvalue weighted by Gasteiger charge is -2.38. The van der Waals surface area contributed by atoms with E-state index in [1.165, 1.54) is 0 Å². The van der Waals surface area contributed by atoms with Gasteiger partial charge >= 0.3 is 0 Å². The first-order chi connectivity index (χ1) is 7.70. The number of amides is 1. The van der Waals surface area contributed by atoms with Crippen molar-refractivity contribution in [2.24, 2.45) is 0 Å². The van der Waals surface area contributed by atoms with Gasteiger partial charge in [-0.3, -0.25) is 4.79 Å². The summed E-state index contributed by atoms with van der Waals surface area (Å²) in [5.41, 5.74) is 1.94. The molecule has 84 valence electrons. The van der Waals surface area contributed by atoms with E-state index in [9.17, 15) is 4.79 Å². The molecule has 0 bridgehead atoms. The molecular weight excluding hydrogens is 198 g/mol. The summed E-state index contributed by atoms with van der Waals surface area (Å²) >= 11 is 0. The van der Waals surface area contributed by atoms with Crippen LogP contribution in [0.1, 0.15) is 35.2 Å². The molecule has 2 rings (SSSR count). The van der Waals surface area contributed by atoms with Gasteiger partial charge in [0, 0.05) is 24.6 Å². The first kappa shape index (κ1) is 10.9. The van der Waals surface area contributed by atoms with E-state index in [1.54, 1.807) is 0 Å². The van der Waals surface area contributed by atoms with E-state index < -0.39 is 0 Å². The smallest absolute Gasteiger partial charge is 0.254 e. The summed E-state index contributed by atoms with van der Waals surface area (Å²) in [4.78, 5) is 14.0. The molecule has 1 amide bonds. The van der Waals surface area contributed by atoms with Crippen LogP contribution in [-0.4, -0.2) is 23.9 Å². The summed E-state index contributed by atoms with van der Waals surface area (Å²) < 4.78 is 0. The molecule has 0 radical (unpaired) electrons. The van der Waals surface area contributed by atoms with Crippen LogP contribution in [0, 0.1) is 0 Å². The molecule has 0 aromatic heterocycles. The van der Waals surface area contributed by atoms with Crippen molar-refractivity contribution >= 4 is 5.91 Å². The van der Waals surface area contributed by atoms with Crippen molar-refractivity contribution in [1.82, 2.24) is 4.90 Å². The molecule has 16 heavy (non-hydrogen) atoms. The van der Waals surface area contributed by atoms with Gasteiger partial charge in [-0.1, -0.05) is 31.2 Å². The second-order valence-electron chi connectivity index (χ2n) is 4.24. The third-order valence-electron chi connectivity index (χ3n) is 3.45. The van der Waals surface area contributed by atoms with Crippen LogP contribution < -0.4 is 0 Å². The molecule has 0 N–H and O–H groups in total. The van der Waals surface area contributed by atoms with Crippen molar-refractivity contribution in [2.45, 2.75) is 25.3 Å². The molecule has 1 aromatic rings. The molecule has 0 saturated carbocycles. The highest BCUT2D eigenvalue weighted by molar-refractivity contribution is 5.97. The zero-order valence-electron chi connectivity index (χ0n) is 9.81. The Hall–Kier alpha value is -1.57. The molecule has 0 unspecified atom stereocenters. The lowest BCUT2D eigenvalue weighted by atomic mass is 9.82. The highest BCUT2D eigenvalue weighted by atomic mass is 16.2. The van der Waals surface area contributed by atoms with Gasteiger partial charge in [0.25, 0.3) is 5.91 Å². The summed E-state index contributed by atoms with van der Waals surface area (Å²) in [5, 5.41) is 0. The predicted octanol–water partition coefficient (Wildman–Crippen LogP) is 2.82. The summed E-state index contributed by atoms with van der Waals surface area (Å²) in [5.74, 6) is 0.379. The Morgan fingerprint density at radius 2 is 2.12 bits per heavy atom.